The summed E-state index contributed by atoms with van der Waals surface area (Å²) in [5.74, 6) is 2.19. The van der Waals surface area contributed by atoms with Gasteiger partial charge in [-0.1, -0.05) is 11.6 Å². The molecule has 1 unspecified atom stereocenters. The minimum absolute atomic E-state index is 0.0242. The van der Waals surface area contributed by atoms with E-state index in [1.54, 1.807) is 12.1 Å². The summed E-state index contributed by atoms with van der Waals surface area (Å²) in [7, 11) is 0. The average Bonchev–Trinajstić information content (AvgIpc) is 3.08. The summed E-state index contributed by atoms with van der Waals surface area (Å²) in [6, 6.07) is 9.21. The third-order valence-electron chi connectivity index (χ3n) is 4.56. The lowest BCUT2D eigenvalue weighted by molar-refractivity contribution is -0.123. The highest BCUT2D eigenvalue weighted by Gasteiger charge is 2.25. The van der Waals surface area contributed by atoms with E-state index in [9.17, 15) is 4.79 Å². The van der Waals surface area contributed by atoms with Crippen LogP contribution >= 0.6 is 11.6 Å². The van der Waals surface area contributed by atoms with Crippen LogP contribution in [0.3, 0.4) is 0 Å². The van der Waals surface area contributed by atoms with E-state index in [2.05, 4.69) is 10.2 Å². The highest BCUT2D eigenvalue weighted by molar-refractivity contribution is 6.30. The normalized spacial score (nSPS) is 16.1. The molecule has 1 aromatic carbocycles. The van der Waals surface area contributed by atoms with Gasteiger partial charge in [0.25, 0.3) is 5.91 Å². The van der Waals surface area contributed by atoms with Gasteiger partial charge >= 0.3 is 0 Å². The highest BCUT2D eigenvalue weighted by Crippen LogP contribution is 2.24. The molecule has 0 bridgehead atoms. The predicted molar refractivity (Wildman–Crippen MR) is 103 cm³/mol. The predicted octanol–water partition coefficient (Wildman–Crippen LogP) is 3.12. The summed E-state index contributed by atoms with van der Waals surface area (Å²) in [6.07, 6.45) is 0. The fourth-order valence-corrected chi connectivity index (χ4v) is 3.34. The molecule has 1 saturated heterocycles. The molecule has 1 N–H and O–H groups in total. The Hall–Kier alpha value is -2.02. The van der Waals surface area contributed by atoms with Crippen LogP contribution in [0.5, 0.6) is 5.75 Å². The summed E-state index contributed by atoms with van der Waals surface area (Å²) in [5, 5.41) is 3.60. The van der Waals surface area contributed by atoms with E-state index in [4.69, 9.17) is 25.5 Å². The monoisotopic (exact) mass is 392 g/mol. The van der Waals surface area contributed by atoms with Crippen LogP contribution in [0, 0.1) is 13.8 Å². The Morgan fingerprint density at radius 1 is 1.26 bits per heavy atom. The Balaban J connectivity index is 1.56. The van der Waals surface area contributed by atoms with Gasteiger partial charge in [-0.25, -0.2) is 0 Å². The topological polar surface area (TPSA) is 63.9 Å². The molecular formula is C20H25ClN2O4. The molecule has 1 aromatic heterocycles. The van der Waals surface area contributed by atoms with E-state index in [0.717, 1.165) is 30.2 Å². The number of rotatable bonds is 7. The first-order chi connectivity index (χ1) is 13.0. The van der Waals surface area contributed by atoms with Crippen LogP contribution in [-0.2, 0) is 9.53 Å². The number of nitrogens with zero attached hydrogens (tertiary/aromatic N) is 1. The summed E-state index contributed by atoms with van der Waals surface area (Å²) >= 11 is 5.94. The number of nitrogens with one attached hydrogen (secondary N) is 1. The molecule has 0 saturated carbocycles. The Morgan fingerprint density at radius 2 is 2.04 bits per heavy atom. The van der Waals surface area contributed by atoms with Crippen molar-refractivity contribution in [2.75, 3.05) is 39.5 Å². The molecule has 3 rings (SSSR count). The van der Waals surface area contributed by atoms with Crippen molar-refractivity contribution in [3.63, 3.8) is 0 Å². The average molecular weight is 393 g/mol. The van der Waals surface area contributed by atoms with Crippen molar-refractivity contribution >= 4 is 17.5 Å². The molecule has 1 aliphatic rings. The number of hydrogen-bond donors (Lipinski definition) is 1. The van der Waals surface area contributed by atoms with Gasteiger partial charge in [0.2, 0.25) is 0 Å². The zero-order valence-corrected chi connectivity index (χ0v) is 16.4. The molecule has 146 valence electrons. The van der Waals surface area contributed by atoms with Gasteiger partial charge < -0.3 is 19.2 Å². The standard InChI is InChI=1S/C20H25ClN2O4/c1-14-11-16(21)4-6-18(14)26-13-20(24)22-12-17(19-5-3-15(2)27-19)23-7-9-25-10-8-23/h3-6,11,17H,7-10,12-13H2,1-2H3,(H,22,24). The number of carbonyl (C=O) groups is 1. The number of ether oxygens (including phenoxy) is 2. The van der Waals surface area contributed by atoms with Gasteiger partial charge in [0.15, 0.2) is 6.61 Å². The fraction of sp³-hybridized carbons (Fsp3) is 0.450. The number of carbonyl (C=O) groups excluding carboxylic acids is 1. The van der Waals surface area contributed by atoms with E-state index >= 15 is 0 Å². The van der Waals surface area contributed by atoms with E-state index in [-0.39, 0.29) is 18.6 Å². The number of morpholine rings is 1. The maximum Gasteiger partial charge on any atom is 0.258 e. The Morgan fingerprint density at radius 3 is 2.70 bits per heavy atom. The molecule has 6 nitrogen and oxygen atoms in total. The molecule has 2 aromatic rings. The molecule has 0 radical (unpaired) electrons. The van der Waals surface area contributed by atoms with E-state index < -0.39 is 0 Å². The largest absolute Gasteiger partial charge is 0.484 e. The molecule has 1 atom stereocenters. The second kappa shape index (κ2) is 9.26. The molecule has 27 heavy (non-hydrogen) atoms. The Labute approximate surface area is 164 Å². The van der Waals surface area contributed by atoms with Crippen molar-refractivity contribution in [2.45, 2.75) is 19.9 Å². The smallest absolute Gasteiger partial charge is 0.258 e. The maximum atomic E-state index is 12.3. The van der Waals surface area contributed by atoms with Gasteiger partial charge in [-0.2, -0.15) is 0 Å². The molecule has 0 aliphatic carbocycles. The number of benzene rings is 1. The molecule has 0 spiro atoms. The van der Waals surface area contributed by atoms with E-state index in [1.165, 1.54) is 0 Å². The first-order valence-corrected chi connectivity index (χ1v) is 9.44. The number of hydrogen-bond acceptors (Lipinski definition) is 5. The van der Waals surface area contributed by atoms with Crippen molar-refractivity contribution in [3.05, 3.63) is 52.4 Å². The van der Waals surface area contributed by atoms with Crippen molar-refractivity contribution in [1.82, 2.24) is 10.2 Å². The van der Waals surface area contributed by atoms with Crippen LogP contribution in [0.15, 0.2) is 34.7 Å². The number of furan rings is 1. The third kappa shape index (κ3) is 5.48. The van der Waals surface area contributed by atoms with Crippen molar-refractivity contribution in [2.24, 2.45) is 0 Å². The lowest BCUT2D eigenvalue weighted by Gasteiger charge is -2.33. The fourth-order valence-electron chi connectivity index (χ4n) is 3.11. The van der Waals surface area contributed by atoms with Gasteiger partial charge in [0.1, 0.15) is 17.3 Å². The molecule has 2 heterocycles. The first-order valence-electron chi connectivity index (χ1n) is 9.06. The minimum Gasteiger partial charge on any atom is -0.484 e. The third-order valence-corrected chi connectivity index (χ3v) is 4.80. The maximum absolute atomic E-state index is 12.3. The second-order valence-corrected chi connectivity index (χ2v) is 7.05. The Bertz CT molecular complexity index is 771. The zero-order valence-electron chi connectivity index (χ0n) is 15.7. The number of aryl methyl sites for hydroxylation is 2. The number of amides is 1. The van der Waals surface area contributed by atoms with Crippen LogP contribution in [-0.4, -0.2) is 50.3 Å². The SMILES string of the molecule is Cc1ccc(C(CNC(=O)COc2ccc(Cl)cc2C)N2CCOCC2)o1. The van der Waals surface area contributed by atoms with Crippen molar-refractivity contribution < 1.29 is 18.7 Å². The van der Waals surface area contributed by atoms with Gasteiger partial charge in [0, 0.05) is 24.7 Å². The summed E-state index contributed by atoms with van der Waals surface area (Å²) in [5.41, 5.74) is 0.896. The van der Waals surface area contributed by atoms with Gasteiger partial charge in [-0.3, -0.25) is 9.69 Å². The zero-order chi connectivity index (χ0) is 19.2. The molecular weight excluding hydrogens is 368 g/mol. The molecule has 1 aliphatic heterocycles. The number of halogens is 1. The quantitative estimate of drug-likeness (QED) is 0.784. The molecule has 7 heteroatoms. The van der Waals surface area contributed by atoms with Crippen LogP contribution in [0.1, 0.15) is 23.1 Å². The summed E-state index contributed by atoms with van der Waals surface area (Å²) in [4.78, 5) is 14.6. The molecule has 1 fully saturated rings. The van der Waals surface area contributed by atoms with Crippen LogP contribution in [0.2, 0.25) is 5.02 Å². The van der Waals surface area contributed by atoms with Crippen LogP contribution in [0.4, 0.5) is 0 Å². The van der Waals surface area contributed by atoms with Gasteiger partial charge in [-0.15, -0.1) is 0 Å². The van der Waals surface area contributed by atoms with Gasteiger partial charge in [-0.05, 0) is 49.7 Å². The summed E-state index contributed by atoms with van der Waals surface area (Å²) < 4.78 is 16.9. The lowest BCUT2D eigenvalue weighted by atomic mass is 10.1. The first kappa shape index (κ1) is 19.7. The van der Waals surface area contributed by atoms with Crippen molar-refractivity contribution in [1.29, 1.82) is 0 Å². The second-order valence-electron chi connectivity index (χ2n) is 6.62. The van der Waals surface area contributed by atoms with Crippen LogP contribution in [0.25, 0.3) is 0 Å². The minimum atomic E-state index is -0.175. The highest BCUT2D eigenvalue weighted by atomic mass is 35.5. The van der Waals surface area contributed by atoms with Crippen molar-refractivity contribution in [3.8, 4) is 5.75 Å². The molecule has 1 amide bonds. The van der Waals surface area contributed by atoms with E-state index in [1.807, 2.05) is 32.0 Å². The van der Waals surface area contributed by atoms with Crippen LogP contribution < -0.4 is 10.1 Å². The lowest BCUT2D eigenvalue weighted by Crippen LogP contribution is -2.44. The van der Waals surface area contributed by atoms with Gasteiger partial charge in [0.05, 0.1) is 19.3 Å². The summed E-state index contributed by atoms with van der Waals surface area (Å²) in [6.45, 7) is 7.20. The Kier molecular flexibility index (Phi) is 6.77. The van der Waals surface area contributed by atoms with E-state index in [0.29, 0.717) is 30.5 Å².